The summed E-state index contributed by atoms with van der Waals surface area (Å²) in [7, 11) is -3.47. The van der Waals surface area contributed by atoms with E-state index in [1.807, 2.05) is 32.9 Å². The molecule has 1 heterocycles. The van der Waals surface area contributed by atoms with Gasteiger partial charge < -0.3 is 4.90 Å². The second-order valence-electron chi connectivity index (χ2n) is 7.26. The molecule has 0 aromatic heterocycles. The molecule has 5 nitrogen and oxygen atoms in total. The number of nitrogens with zero attached hydrogens (tertiary/aromatic N) is 2. The SMILES string of the molecule is Cc1cc(C)c(S(=O)(=O)NCCN2CCN(c3ccccc3)CC2)cc1C. The Hall–Kier alpha value is -1.89. The molecule has 0 amide bonds. The molecule has 27 heavy (non-hydrogen) atoms. The molecule has 0 saturated carbocycles. The standard InChI is InChI=1S/C21H29N3O2S/c1-17-15-19(3)21(16-18(17)2)27(25,26)22-9-10-23-11-13-24(14-12-23)20-7-5-4-6-8-20/h4-8,15-16,22H,9-14H2,1-3H3. The van der Waals surface area contributed by atoms with E-state index in [0.29, 0.717) is 11.4 Å². The summed E-state index contributed by atoms with van der Waals surface area (Å²) >= 11 is 0. The van der Waals surface area contributed by atoms with Crippen molar-refractivity contribution >= 4 is 15.7 Å². The van der Waals surface area contributed by atoms with Crippen LogP contribution >= 0.6 is 0 Å². The molecule has 1 aliphatic rings. The smallest absolute Gasteiger partial charge is 0.240 e. The van der Waals surface area contributed by atoms with Crippen LogP contribution in [0, 0.1) is 20.8 Å². The third kappa shape index (κ3) is 4.89. The molecule has 1 fully saturated rings. The Morgan fingerprint density at radius 3 is 2.19 bits per heavy atom. The highest BCUT2D eigenvalue weighted by molar-refractivity contribution is 7.89. The van der Waals surface area contributed by atoms with Gasteiger partial charge in [0.1, 0.15) is 0 Å². The van der Waals surface area contributed by atoms with E-state index in [0.717, 1.165) is 49.4 Å². The maximum Gasteiger partial charge on any atom is 0.240 e. The highest BCUT2D eigenvalue weighted by Gasteiger charge is 2.20. The van der Waals surface area contributed by atoms with E-state index in [1.54, 1.807) is 6.07 Å². The fraction of sp³-hybridized carbons (Fsp3) is 0.429. The number of benzene rings is 2. The topological polar surface area (TPSA) is 52.7 Å². The normalized spacial score (nSPS) is 15.9. The Kier molecular flexibility index (Phi) is 6.19. The van der Waals surface area contributed by atoms with Crippen LogP contribution in [0.4, 0.5) is 5.69 Å². The van der Waals surface area contributed by atoms with Crippen molar-refractivity contribution < 1.29 is 8.42 Å². The lowest BCUT2D eigenvalue weighted by atomic mass is 10.1. The van der Waals surface area contributed by atoms with Gasteiger partial charge in [-0.05, 0) is 55.7 Å². The lowest BCUT2D eigenvalue weighted by molar-refractivity contribution is 0.262. The van der Waals surface area contributed by atoms with Gasteiger partial charge in [0, 0.05) is 45.0 Å². The monoisotopic (exact) mass is 387 g/mol. The number of piperazine rings is 1. The molecular weight excluding hydrogens is 358 g/mol. The van der Waals surface area contributed by atoms with Crippen LogP contribution in [0.1, 0.15) is 16.7 Å². The largest absolute Gasteiger partial charge is 0.369 e. The van der Waals surface area contributed by atoms with E-state index in [1.165, 1.54) is 5.69 Å². The lowest BCUT2D eigenvalue weighted by Crippen LogP contribution is -2.48. The molecule has 0 atom stereocenters. The van der Waals surface area contributed by atoms with Crippen molar-refractivity contribution in [3.05, 3.63) is 59.2 Å². The number of anilines is 1. The minimum absolute atomic E-state index is 0.388. The number of hydrogen-bond acceptors (Lipinski definition) is 4. The predicted molar refractivity (Wildman–Crippen MR) is 111 cm³/mol. The van der Waals surface area contributed by atoms with Crippen molar-refractivity contribution in [2.75, 3.05) is 44.2 Å². The van der Waals surface area contributed by atoms with Crippen molar-refractivity contribution in [3.8, 4) is 0 Å². The first-order valence-corrected chi connectivity index (χ1v) is 10.9. The Morgan fingerprint density at radius 2 is 1.52 bits per heavy atom. The van der Waals surface area contributed by atoms with Gasteiger partial charge in [-0.1, -0.05) is 24.3 Å². The van der Waals surface area contributed by atoms with Crippen molar-refractivity contribution in [2.24, 2.45) is 0 Å². The van der Waals surface area contributed by atoms with E-state index in [9.17, 15) is 8.42 Å². The molecule has 2 aromatic rings. The van der Waals surface area contributed by atoms with Crippen LogP contribution in [-0.4, -0.2) is 52.6 Å². The summed E-state index contributed by atoms with van der Waals surface area (Å²) in [6, 6.07) is 14.1. The molecule has 1 aliphatic heterocycles. The minimum Gasteiger partial charge on any atom is -0.369 e. The van der Waals surface area contributed by atoms with Gasteiger partial charge in [-0.25, -0.2) is 13.1 Å². The number of hydrogen-bond donors (Lipinski definition) is 1. The summed E-state index contributed by atoms with van der Waals surface area (Å²) in [6.45, 7) is 10.8. The summed E-state index contributed by atoms with van der Waals surface area (Å²) in [4.78, 5) is 5.08. The number of sulfonamides is 1. The van der Waals surface area contributed by atoms with Crippen LogP contribution in [0.2, 0.25) is 0 Å². The van der Waals surface area contributed by atoms with Gasteiger partial charge in [-0.3, -0.25) is 4.90 Å². The van der Waals surface area contributed by atoms with Crippen molar-refractivity contribution in [1.82, 2.24) is 9.62 Å². The average molecular weight is 388 g/mol. The zero-order chi connectivity index (χ0) is 19.4. The van der Waals surface area contributed by atoms with Gasteiger partial charge >= 0.3 is 0 Å². The van der Waals surface area contributed by atoms with Crippen LogP contribution in [0.15, 0.2) is 47.4 Å². The fourth-order valence-electron chi connectivity index (χ4n) is 3.51. The van der Waals surface area contributed by atoms with E-state index >= 15 is 0 Å². The van der Waals surface area contributed by atoms with Crippen LogP contribution in [-0.2, 0) is 10.0 Å². The molecule has 0 bridgehead atoms. The first-order valence-electron chi connectivity index (χ1n) is 9.47. The van der Waals surface area contributed by atoms with Crippen molar-refractivity contribution in [3.63, 3.8) is 0 Å². The number of aryl methyl sites for hydroxylation is 3. The second-order valence-corrected chi connectivity index (χ2v) is 9.00. The van der Waals surface area contributed by atoms with Gasteiger partial charge in [-0.2, -0.15) is 0 Å². The van der Waals surface area contributed by atoms with Crippen LogP contribution in [0.5, 0.6) is 0 Å². The number of para-hydroxylation sites is 1. The maximum absolute atomic E-state index is 12.7. The second kappa shape index (κ2) is 8.42. The first-order chi connectivity index (χ1) is 12.9. The van der Waals surface area contributed by atoms with Crippen LogP contribution < -0.4 is 9.62 Å². The summed E-state index contributed by atoms with van der Waals surface area (Å²) in [5, 5.41) is 0. The molecule has 0 spiro atoms. The molecule has 0 aliphatic carbocycles. The molecule has 2 aromatic carbocycles. The first kappa shape index (κ1) is 19.9. The summed E-state index contributed by atoms with van der Waals surface area (Å²) in [6.07, 6.45) is 0. The van der Waals surface area contributed by atoms with Crippen molar-refractivity contribution in [2.45, 2.75) is 25.7 Å². The van der Waals surface area contributed by atoms with Crippen LogP contribution in [0.3, 0.4) is 0 Å². The van der Waals surface area contributed by atoms with E-state index in [-0.39, 0.29) is 0 Å². The van der Waals surface area contributed by atoms with Gasteiger partial charge in [0.15, 0.2) is 0 Å². The van der Waals surface area contributed by atoms with Gasteiger partial charge in [0.05, 0.1) is 4.90 Å². The molecule has 0 unspecified atom stereocenters. The van der Waals surface area contributed by atoms with E-state index in [4.69, 9.17) is 0 Å². The van der Waals surface area contributed by atoms with Gasteiger partial charge in [-0.15, -0.1) is 0 Å². The summed E-state index contributed by atoms with van der Waals surface area (Å²) < 4.78 is 28.1. The number of rotatable bonds is 6. The Labute approximate surface area is 163 Å². The lowest BCUT2D eigenvalue weighted by Gasteiger charge is -2.36. The molecular formula is C21H29N3O2S. The quantitative estimate of drug-likeness (QED) is 0.828. The summed E-state index contributed by atoms with van der Waals surface area (Å²) in [5.74, 6) is 0. The Morgan fingerprint density at radius 1 is 0.889 bits per heavy atom. The molecule has 146 valence electrons. The zero-order valence-corrected chi connectivity index (χ0v) is 17.2. The molecule has 3 rings (SSSR count). The molecule has 6 heteroatoms. The molecule has 0 radical (unpaired) electrons. The van der Waals surface area contributed by atoms with E-state index in [2.05, 4.69) is 38.8 Å². The third-order valence-corrected chi connectivity index (χ3v) is 6.90. The average Bonchev–Trinajstić information content (AvgIpc) is 2.66. The Balaban J connectivity index is 1.51. The molecule has 1 N–H and O–H groups in total. The maximum atomic E-state index is 12.7. The highest BCUT2D eigenvalue weighted by Crippen LogP contribution is 2.20. The van der Waals surface area contributed by atoms with Gasteiger partial charge in [0.25, 0.3) is 0 Å². The zero-order valence-electron chi connectivity index (χ0n) is 16.4. The predicted octanol–water partition coefficient (Wildman–Crippen LogP) is 2.71. The minimum atomic E-state index is -3.47. The fourth-order valence-corrected chi connectivity index (χ4v) is 4.84. The van der Waals surface area contributed by atoms with Gasteiger partial charge in [0.2, 0.25) is 10.0 Å². The van der Waals surface area contributed by atoms with Crippen LogP contribution in [0.25, 0.3) is 0 Å². The Bertz CT molecular complexity index is 874. The third-order valence-electron chi connectivity index (χ3n) is 5.29. The molecule has 1 saturated heterocycles. The highest BCUT2D eigenvalue weighted by atomic mass is 32.2. The van der Waals surface area contributed by atoms with E-state index < -0.39 is 10.0 Å². The van der Waals surface area contributed by atoms with Crippen molar-refractivity contribution in [1.29, 1.82) is 0 Å². The summed E-state index contributed by atoms with van der Waals surface area (Å²) in [5.41, 5.74) is 4.16. The number of nitrogens with one attached hydrogen (secondary N) is 1.